The van der Waals surface area contributed by atoms with Gasteiger partial charge in [0.25, 0.3) is 0 Å². The highest BCUT2D eigenvalue weighted by Gasteiger charge is 2.24. The zero-order valence-corrected chi connectivity index (χ0v) is 6.09. The van der Waals surface area contributed by atoms with Gasteiger partial charge in [-0.1, -0.05) is 24.0 Å². The summed E-state index contributed by atoms with van der Waals surface area (Å²) in [7, 11) is 0. The Hall–Kier alpha value is -0.290. The topological polar surface area (TPSA) is 49.3 Å². The Balaban J connectivity index is 2.48. The van der Waals surface area contributed by atoms with E-state index in [0.717, 1.165) is 0 Å². The molecule has 0 aromatic heterocycles. The molecule has 0 aromatic carbocycles. The summed E-state index contributed by atoms with van der Waals surface area (Å²) >= 11 is 6.08. The predicted octanol–water partition coefficient (Wildman–Crippen LogP) is 0.0609. The maximum atomic E-state index is 10.2. The molecule has 50 valence electrons. The molecule has 0 amide bonds. The average molecular weight is 163 g/mol. The summed E-state index contributed by atoms with van der Waals surface area (Å²) in [6.45, 7) is 0. The number of thioether (sulfide) groups is 1. The predicted molar refractivity (Wildman–Crippen MR) is 39.6 cm³/mol. The summed E-state index contributed by atoms with van der Waals surface area (Å²) < 4.78 is 0.586. The second-order valence-corrected chi connectivity index (χ2v) is 3.33. The van der Waals surface area contributed by atoms with E-state index in [-0.39, 0.29) is 0 Å². The summed E-state index contributed by atoms with van der Waals surface area (Å²) in [6, 6.07) is -0.470. The van der Waals surface area contributed by atoms with Gasteiger partial charge in [0.05, 0.1) is 0 Å². The number of aliphatic carboxylic acids is 1. The van der Waals surface area contributed by atoms with Gasteiger partial charge in [-0.2, -0.15) is 0 Å². The Bertz CT molecular complexity index is 159. The highest BCUT2D eigenvalue weighted by Crippen LogP contribution is 2.12. The smallest absolute Gasteiger partial charge is 0.327 e. The first-order valence-electron chi connectivity index (χ1n) is 2.36. The molecule has 0 saturated carbocycles. The lowest BCUT2D eigenvalue weighted by Crippen LogP contribution is -2.33. The number of nitrogens with one attached hydrogen (secondary N) is 1. The van der Waals surface area contributed by atoms with E-state index >= 15 is 0 Å². The fourth-order valence-electron chi connectivity index (χ4n) is 0.518. The summed E-state index contributed by atoms with van der Waals surface area (Å²) in [5, 5.41) is 11.0. The van der Waals surface area contributed by atoms with Crippen molar-refractivity contribution in [2.24, 2.45) is 0 Å². The zero-order valence-electron chi connectivity index (χ0n) is 4.46. The van der Waals surface area contributed by atoms with Crippen LogP contribution in [0, 0.1) is 0 Å². The van der Waals surface area contributed by atoms with Crippen LogP contribution in [-0.4, -0.2) is 27.2 Å². The van der Waals surface area contributed by atoms with Crippen LogP contribution in [0.4, 0.5) is 0 Å². The third-order valence-electron chi connectivity index (χ3n) is 0.971. The van der Waals surface area contributed by atoms with Crippen molar-refractivity contribution in [1.82, 2.24) is 5.32 Å². The molecule has 3 nitrogen and oxygen atoms in total. The Labute approximate surface area is 61.8 Å². The van der Waals surface area contributed by atoms with Crippen molar-refractivity contribution >= 4 is 34.3 Å². The number of hydrogen-bond donors (Lipinski definition) is 2. The zero-order chi connectivity index (χ0) is 6.85. The lowest BCUT2D eigenvalue weighted by molar-refractivity contribution is -0.138. The van der Waals surface area contributed by atoms with Crippen LogP contribution in [0.1, 0.15) is 0 Å². The molecular weight excluding hydrogens is 158 g/mol. The van der Waals surface area contributed by atoms with Crippen molar-refractivity contribution in [2.45, 2.75) is 6.04 Å². The Morgan fingerprint density at radius 2 is 2.67 bits per heavy atom. The molecule has 1 saturated heterocycles. The maximum absolute atomic E-state index is 10.2. The molecule has 5 heteroatoms. The van der Waals surface area contributed by atoms with Crippen molar-refractivity contribution in [1.29, 1.82) is 0 Å². The molecule has 0 spiro atoms. The van der Waals surface area contributed by atoms with E-state index in [1.807, 2.05) is 0 Å². The van der Waals surface area contributed by atoms with Gasteiger partial charge in [-0.15, -0.1) is 0 Å². The molecule has 0 aromatic rings. The summed E-state index contributed by atoms with van der Waals surface area (Å²) in [5.41, 5.74) is 0. The van der Waals surface area contributed by atoms with Crippen LogP contribution in [0.5, 0.6) is 0 Å². The van der Waals surface area contributed by atoms with Crippen LogP contribution >= 0.6 is 24.0 Å². The number of carboxylic acid groups (broad SMARTS) is 1. The van der Waals surface area contributed by atoms with E-state index in [4.69, 9.17) is 17.3 Å². The molecule has 0 bridgehead atoms. The number of rotatable bonds is 1. The first-order chi connectivity index (χ1) is 4.20. The second-order valence-electron chi connectivity index (χ2n) is 1.63. The van der Waals surface area contributed by atoms with Crippen molar-refractivity contribution < 1.29 is 9.90 Å². The molecule has 0 radical (unpaired) electrons. The lowest BCUT2D eigenvalue weighted by Gasteiger charge is -1.99. The van der Waals surface area contributed by atoms with Crippen LogP contribution in [-0.2, 0) is 4.79 Å². The molecule has 1 atom stereocenters. The van der Waals surface area contributed by atoms with Gasteiger partial charge in [0, 0.05) is 5.75 Å². The minimum Gasteiger partial charge on any atom is -0.480 e. The average Bonchev–Trinajstić information content (AvgIpc) is 2.14. The van der Waals surface area contributed by atoms with Crippen molar-refractivity contribution in [3.8, 4) is 0 Å². The third-order valence-corrected chi connectivity index (χ3v) is 2.32. The molecule has 0 aliphatic carbocycles. The highest BCUT2D eigenvalue weighted by atomic mass is 32.2. The van der Waals surface area contributed by atoms with Gasteiger partial charge >= 0.3 is 5.97 Å². The molecule has 9 heavy (non-hydrogen) atoms. The molecule has 1 fully saturated rings. The van der Waals surface area contributed by atoms with E-state index in [1.54, 1.807) is 0 Å². The number of thiocarbonyl (C=S) groups is 1. The van der Waals surface area contributed by atoms with Gasteiger partial charge in [-0.05, 0) is 0 Å². The fraction of sp³-hybridized carbons (Fsp3) is 0.500. The molecule has 1 aliphatic heterocycles. The third kappa shape index (κ3) is 1.56. The Morgan fingerprint density at radius 1 is 2.00 bits per heavy atom. The van der Waals surface area contributed by atoms with E-state index in [1.165, 1.54) is 11.8 Å². The molecule has 1 heterocycles. The van der Waals surface area contributed by atoms with Crippen LogP contribution < -0.4 is 5.32 Å². The quantitative estimate of drug-likeness (QED) is 0.535. The summed E-state index contributed by atoms with van der Waals surface area (Å²) in [5.74, 6) is -0.281. The Morgan fingerprint density at radius 3 is 2.89 bits per heavy atom. The second kappa shape index (κ2) is 2.53. The van der Waals surface area contributed by atoms with Gasteiger partial charge in [-0.3, -0.25) is 0 Å². The molecule has 1 aliphatic rings. The minimum absolute atomic E-state index is 0.470. The lowest BCUT2D eigenvalue weighted by atomic mass is 10.4. The van der Waals surface area contributed by atoms with Gasteiger partial charge in [0.15, 0.2) is 0 Å². The van der Waals surface area contributed by atoms with Gasteiger partial charge in [0.1, 0.15) is 10.4 Å². The first kappa shape index (κ1) is 6.82. The standard InChI is InChI=1S/C4H5NO2S2/c6-3(7)2-1-9-4(8)5-2/h2H,1H2,(H,5,8)(H,6,7)/t2-/m0/s1. The molecule has 1 rings (SSSR count). The Kier molecular flexibility index (Phi) is 1.92. The number of carbonyl (C=O) groups is 1. The largest absolute Gasteiger partial charge is 0.480 e. The van der Waals surface area contributed by atoms with Crippen molar-refractivity contribution in [2.75, 3.05) is 5.75 Å². The summed E-state index contributed by atoms with van der Waals surface area (Å²) in [4.78, 5) is 10.2. The van der Waals surface area contributed by atoms with Crippen LogP contribution in [0.3, 0.4) is 0 Å². The van der Waals surface area contributed by atoms with Crippen LogP contribution in [0.25, 0.3) is 0 Å². The van der Waals surface area contributed by atoms with Crippen molar-refractivity contribution in [3.63, 3.8) is 0 Å². The first-order valence-corrected chi connectivity index (χ1v) is 3.75. The monoisotopic (exact) mass is 163 g/mol. The van der Waals surface area contributed by atoms with E-state index in [9.17, 15) is 4.79 Å². The maximum Gasteiger partial charge on any atom is 0.327 e. The van der Waals surface area contributed by atoms with Gasteiger partial charge < -0.3 is 10.4 Å². The van der Waals surface area contributed by atoms with Gasteiger partial charge in [-0.25, -0.2) is 4.79 Å². The normalized spacial score (nSPS) is 25.8. The molecule has 0 unspecified atom stereocenters. The van der Waals surface area contributed by atoms with Crippen LogP contribution in [0.2, 0.25) is 0 Å². The fourth-order valence-corrected chi connectivity index (χ4v) is 1.63. The van der Waals surface area contributed by atoms with E-state index in [0.29, 0.717) is 10.1 Å². The van der Waals surface area contributed by atoms with Crippen molar-refractivity contribution in [3.05, 3.63) is 0 Å². The van der Waals surface area contributed by atoms with Crippen LogP contribution in [0.15, 0.2) is 0 Å². The molecular formula is C4H5NO2S2. The summed E-state index contributed by atoms with van der Waals surface area (Å²) in [6.07, 6.45) is 0. The SMILES string of the molecule is O=C(O)[C@@H]1CSC(=S)N1. The highest BCUT2D eigenvalue weighted by molar-refractivity contribution is 8.23. The molecule has 2 N–H and O–H groups in total. The number of carboxylic acids is 1. The van der Waals surface area contributed by atoms with Gasteiger partial charge in [0.2, 0.25) is 0 Å². The number of hydrogen-bond acceptors (Lipinski definition) is 3. The van der Waals surface area contributed by atoms with E-state index in [2.05, 4.69) is 5.32 Å². The van der Waals surface area contributed by atoms with E-state index < -0.39 is 12.0 Å². The minimum atomic E-state index is -0.831.